The molecular weight excluding hydrogens is 1300 g/mol. The largest absolute Gasteiger partial charge is 0.508 e. The number of amides is 7. The van der Waals surface area contributed by atoms with E-state index in [2.05, 4.69) is 42.1 Å². The average Bonchev–Trinajstić information content (AvgIpc) is 0.790. The molecule has 0 aromatic heterocycles. The third-order valence-electron chi connectivity index (χ3n) is 16.2. The first-order valence-electron chi connectivity index (χ1n) is 30.6. The van der Waals surface area contributed by atoms with Crippen LogP contribution in [0.1, 0.15) is 94.5 Å². The maximum absolute atomic E-state index is 15.8. The van der Waals surface area contributed by atoms with E-state index in [4.69, 9.17) is 54.6 Å². The van der Waals surface area contributed by atoms with E-state index in [0.29, 0.717) is 57.5 Å². The van der Waals surface area contributed by atoms with Gasteiger partial charge in [0.15, 0.2) is 23.0 Å². The second kappa shape index (κ2) is 30.4. The van der Waals surface area contributed by atoms with Gasteiger partial charge in [0, 0.05) is 25.1 Å². The number of ether oxygens (including phenoxy) is 3. The molecule has 7 aromatic carbocycles. The molecule has 5 heterocycles. The molecule has 0 aliphatic carbocycles. The van der Waals surface area contributed by atoms with Crippen molar-refractivity contribution in [2.45, 2.75) is 74.1 Å². The van der Waals surface area contributed by atoms with Crippen LogP contribution in [0.4, 0.5) is 0 Å². The van der Waals surface area contributed by atoms with E-state index < -0.39 is 130 Å². The van der Waals surface area contributed by atoms with Crippen molar-refractivity contribution in [2.24, 2.45) is 17.2 Å². The number of aromatic hydroxyl groups is 6. The highest BCUT2D eigenvalue weighted by molar-refractivity contribution is 6.32. The standard InChI is InChI=1S/C67H69Cl2N11O17/c68-44-20-32-4-12-48(44)96-51-28-38-29-52(60(51)87)97-49-13-8-35(26-45(49)69)59(86)58(67(94)77-55(36-22-40(82)30-41(83)23-36)63(90)73-16-3-19-80(17-1-14-70)18-2-15-71)79-64(91)54(33-5-9-39(81)10-6-33)76-66(93)57(38)78-65(92)56-37-24-42(84)31-43(25-37)95-50-27-34(7-11-47(50)85)53(72)62(89)74-46(21-32)61(88)75-56/h4-13,20,22-31,46,53-59,81-87H,1-3,14-19,21,70-72H2,(H,73,90)(H,74,89)(H,75,88)(H,76,93)(H,77,94)(H,78,92)(H,79,91)/t46-,53-,54-,55+,56+,57-,58+,59-/m1/s1. The van der Waals surface area contributed by atoms with Gasteiger partial charge in [-0.1, -0.05) is 53.5 Å². The van der Waals surface area contributed by atoms with Gasteiger partial charge in [0.05, 0.1) is 10.0 Å². The van der Waals surface area contributed by atoms with Crippen molar-refractivity contribution in [1.82, 2.24) is 42.1 Å². The zero-order chi connectivity index (χ0) is 69.4. The summed E-state index contributed by atoms with van der Waals surface area (Å²) in [5.74, 6) is -12.7. The van der Waals surface area contributed by atoms with Gasteiger partial charge < -0.3 is 109 Å². The topological polar surface area (TPSA) is 454 Å². The van der Waals surface area contributed by atoms with Gasteiger partial charge in [-0.25, -0.2) is 0 Å². The number of nitrogens with two attached hydrogens (primary N) is 3. The molecule has 5 aliphatic rings. The molecule has 0 saturated carbocycles. The van der Waals surface area contributed by atoms with E-state index in [1.807, 2.05) is 0 Å². The lowest BCUT2D eigenvalue weighted by Gasteiger charge is -2.30. The van der Waals surface area contributed by atoms with Crippen molar-refractivity contribution >= 4 is 64.6 Å². The molecule has 508 valence electrons. The maximum atomic E-state index is 15.8. The fourth-order valence-corrected chi connectivity index (χ4v) is 11.7. The number of benzene rings is 7. The van der Waals surface area contributed by atoms with Gasteiger partial charge in [-0.3, -0.25) is 33.6 Å². The summed E-state index contributed by atoms with van der Waals surface area (Å²) in [5.41, 5.74) is 17.5. The molecule has 28 nitrogen and oxygen atoms in total. The first-order valence-corrected chi connectivity index (χ1v) is 31.3. The van der Waals surface area contributed by atoms with Crippen molar-refractivity contribution in [3.8, 4) is 69.0 Å². The molecule has 0 unspecified atom stereocenters. The van der Waals surface area contributed by atoms with Crippen LogP contribution in [0.2, 0.25) is 10.0 Å². The predicted octanol–water partition coefficient (Wildman–Crippen LogP) is 4.43. The van der Waals surface area contributed by atoms with Gasteiger partial charge in [0.1, 0.15) is 88.6 Å². The van der Waals surface area contributed by atoms with Crippen LogP contribution in [0.15, 0.2) is 127 Å². The van der Waals surface area contributed by atoms with Gasteiger partial charge in [0.25, 0.3) is 0 Å². The third-order valence-corrected chi connectivity index (χ3v) is 16.8. The number of fused-ring (bicyclic) bond motifs is 15. The van der Waals surface area contributed by atoms with E-state index >= 15 is 19.2 Å². The fraction of sp³-hybridized carbons (Fsp3) is 0.269. The Labute approximate surface area is 563 Å². The minimum absolute atomic E-state index is 0.0546. The Hall–Kier alpha value is -10.6. The molecule has 0 spiro atoms. The number of rotatable bonds is 15. The third kappa shape index (κ3) is 16.6. The number of phenolic OH excluding ortho intramolecular Hbond substituents is 6. The summed E-state index contributed by atoms with van der Waals surface area (Å²) < 4.78 is 18.6. The van der Waals surface area contributed by atoms with Crippen molar-refractivity contribution in [3.63, 3.8) is 0 Å². The number of halogens is 2. The number of hydrogen-bond acceptors (Lipinski definition) is 21. The summed E-state index contributed by atoms with van der Waals surface area (Å²) in [6.45, 7) is 2.81. The summed E-state index contributed by atoms with van der Waals surface area (Å²) in [5, 5.41) is 96.5. The highest BCUT2D eigenvalue weighted by atomic mass is 35.5. The molecule has 0 radical (unpaired) electrons. The molecule has 97 heavy (non-hydrogen) atoms. The Morgan fingerprint density at radius 2 is 1.08 bits per heavy atom. The van der Waals surface area contributed by atoms with Crippen LogP contribution in [0.3, 0.4) is 0 Å². The van der Waals surface area contributed by atoms with Gasteiger partial charge in [0.2, 0.25) is 47.1 Å². The van der Waals surface area contributed by atoms with Crippen molar-refractivity contribution in [2.75, 3.05) is 39.3 Å². The molecule has 5 aliphatic heterocycles. The highest BCUT2D eigenvalue weighted by Gasteiger charge is 2.40. The van der Waals surface area contributed by atoms with Crippen molar-refractivity contribution in [1.29, 1.82) is 0 Å². The molecule has 12 rings (SSSR count). The Morgan fingerprint density at radius 3 is 1.71 bits per heavy atom. The number of aliphatic hydroxyl groups excluding tert-OH is 1. The average molecular weight is 1370 g/mol. The monoisotopic (exact) mass is 1370 g/mol. The number of phenols is 6. The minimum atomic E-state index is -2.16. The van der Waals surface area contributed by atoms with E-state index in [1.165, 1.54) is 66.7 Å². The van der Waals surface area contributed by atoms with Gasteiger partial charge in [-0.05, 0) is 176 Å². The van der Waals surface area contributed by atoms with E-state index in [1.54, 1.807) is 0 Å². The number of nitrogens with one attached hydrogen (secondary N) is 7. The highest BCUT2D eigenvalue weighted by Crippen LogP contribution is 2.47. The first kappa shape index (κ1) is 69.2. The molecule has 7 aromatic rings. The van der Waals surface area contributed by atoms with Gasteiger partial charge in [-0.2, -0.15) is 0 Å². The Morgan fingerprint density at radius 1 is 0.536 bits per heavy atom. The van der Waals surface area contributed by atoms with Crippen LogP contribution in [-0.4, -0.2) is 133 Å². The number of carbonyl (C=O) groups is 7. The van der Waals surface area contributed by atoms with Gasteiger partial charge >= 0.3 is 0 Å². The number of aliphatic hydroxyl groups is 1. The second-order valence-electron chi connectivity index (χ2n) is 23.2. The lowest BCUT2D eigenvalue weighted by Crippen LogP contribution is -2.55. The second-order valence-corrected chi connectivity index (χ2v) is 24.0. The fourth-order valence-electron chi connectivity index (χ4n) is 11.2. The van der Waals surface area contributed by atoms with Crippen LogP contribution >= 0.6 is 23.2 Å². The van der Waals surface area contributed by atoms with Crippen LogP contribution in [0.5, 0.6) is 69.0 Å². The van der Waals surface area contributed by atoms with Gasteiger partial charge in [-0.15, -0.1) is 0 Å². The number of nitrogens with zero attached hydrogens (tertiary/aromatic N) is 1. The first-order chi connectivity index (χ1) is 46.4. The summed E-state index contributed by atoms with van der Waals surface area (Å²) in [4.78, 5) is 107. The predicted molar refractivity (Wildman–Crippen MR) is 350 cm³/mol. The van der Waals surface area contributed by atoms with Crippen LogP contribution < -0.4 is 68.6 Å². The summed E-state index contributed by atoms with van der Waals surface area (Å²) in [6, 6.07) is 12.2. The molecule has 30 heteroatoms. The SMILES string of the molecule is NCCCN(CCCN)CCCNC(=O)[C@@H](NC(=O)[C@H]1NC(=O)[C@@H](c2ccc(O)cc2)NC(=O)[C@@H]2NC(=O)[C@H]3NC(=O)[C@@H](Cc4ccc(c(Cl)c4)Oc4cc2cc(c4O)Oc2ccc(cc2Cl)[C@H]1O)NC(=O)[C@H](N)c1ccc(O)c(c1)Oc1cc(O)cc3c1)c1cc(O)cc(O)c1. The summed E-state index contributed by atoms with van der Waals surface area (Å²) in [7, 11) is 0. The Kier molecular flexibility index (Phi) is 21.7. The van der Waals surface area contributed by atoms with Crippen molar-refractivity contribution in [3.05, 3.63) is 176 Å². The van der Waals surface area contributed by atoms with Crippen LogP contribution in [0, 0.1) is 0 Å². The van der Waals surface area contributed by atoms with Crippen molar-refractivity contribution < 1.29 is 83.5 Å². The van der Waals surface area contributed by atoms with E-state index in [9.17, 15) is 50.1 Å². The summed E-state index contributed by atoms with van der Waals surface area (Å²) >= 11 is 13.8. The van der Waals surface area contributed by atoms with E-state index in [0.717, 1.165) is 60.7 Å². The minimum Gasteiger partial charge on any atom is -0.508 e. The molecular formula is C67H69Cl2N11O17. The smallest absolute Gasteiger partial charge is 0.248 e. The quantitative estimate of drug-likeness (QED) is 0.0631. The zero-order valence-electron chi connectivity index (χ0n) is 51.5. The maximum Gasteiger partial charge on any atom is 0.248 e. The van der Waals surface area contributed by atoms with Crippen LogP contribution in [0.25, 0.3) is 0 Å². The zero-order valence-corrected chi connectivity index (χ0v) is 53.0. The molecule has 0 saturated heterocycles. The number of carbonyl (C=O) groups excluding carboxylic acids is 7. The molecule has 13 bridgehead atoms. The number of hydrogen-bond donors (Lipinski definition) is 17. The molecule has 8 atom stereocenters. The molecule has 7 amide bonds. The van der Waals surface area contributed by atoms with Crippen LogP contribution in [-0.2, 0) is 40.0 Å². The van der Waals surface area contributed by atoms with E-state index in [-0.39, 0.29) is 85.1 Å². The summed E-state index contributed by atoms with van der Waals surface area (Å²) in [6.07, 6.45) is -0.621. The lowest BCUT2D eigenvalue weighted by molar-refractivity contribution is -0.137. The normalized spacial score (nSPS) is 19.8. The lowest BCUT2D eigenvalue weighted by atomic mass is 9.97. The Bertz CT molecular complexity index is 4140. The Balaban J connectivity index is 1.09. The molecule has 20 N–H and O–H groups in total. The molecule has 0 fully saturated rings.